The molecule has 0 spiro atoms. The van der Waals surface area contributed by atoms with Crippen LogP contribution in [0.1, 0.15) is 296 Å². The smallest absolute Gasteiger partial charge is 0.306 e. The Kier molecular flexibility index (Phi) is 52.7. The van der Waals surface area contributed by atoms with Crippen LogP contribution in [0.2, 0.25) is 0 Å². The van der Waals surface area contributed by atoms with Gasteiger partial charge in [0, 0.05) is 12.8 Å². The first-order valence-corrected chi connectivity index (χ1v) is 32.2. The van der Waals surface area contributed by atoms with Crippen molar-refractivity contribution in [3.63, 3.8) is 0 Å². The normalized spacial score (nSPS) is 13.5. The number of rotatable bonds is 57. The number of hydrogen-bond acceptors (Lipinski definition) is 8. The Labute approximate surface area is 446 Å². The van der Waals surface area contributed by atoms with Crippen LogP contribution in [-0.4, -0.2) is 70.0 Å². The molecule has 2 unspecified atom stereocenters. The van der Waals surface area contributed by atoms with Gasteiger partial charge in [0.25, 0.3) is 7.82 Å². The van der Waals surface area contributed by atoms with E-state index in [0.717, 1.165) is 64.2 Å². The van der Waals surface area contributed by atoms with Crippen molar-refractivity contribution in [2.45, 2.75) is 302 Å². The molecule has 0 aromatic heterocycles. The Morgan fingerprint density at radius 3 is 1.15 bits per heavy atom. The molecule has 0 aliphatic rings. The zero-order chi connectivity index (χ0) is 52.7. The molecule has 0 heterocycles. The highest BCUT2D eigenvalue weighted by atomic mass is 31.2. The number of carbonyl (C=O) groups excluding carboxylic acids is 2. The first kappa shape index (κ1) is 70.2. The van der Waals surface area contributed by atoms with Gasteiger partial charge < -0.3 is 27.9 Å². The average Bonchev–Trinajstić information content (AvgIpc) is 3.34. The van der Waals surface area contributed by atoms with E-state index in [1.165, 1.54) is 199 Å². The van der Waals surface area contributed by atoms with Crippen molar-refractivity contribution in [2.24, 2.45) is 0 Å². The summed E-state index contributed by atoms with van der Waals surface area (Å²) in [5.41, 5.74) is 0. The number of ether oxygens (including phenoxy) is 2. The maximum atomic E-state index is 12.8. The first-order chi connectivity index (χ1) is 35.0. The van der Waals surface area contributed by atoms with Gasteiger partial charge in [-0.3, -0.25) is 14.2 Å². The minimum absolute atomic E-state index is 0.0300. The topological polar surface area (TPSA) is 111 Å². The Morgan fingerprint density at radius 2 is 0.764 bits per heavy atom. The van der Waals surface area contributed by atoms with Crippen LogP contribution in [0, 0.1) is 0 Å². The monoisotopic (exact) mass is 1040 g/mol. The van der Waals surface area contributed by atoms with Crippen molar-refractivity contribution in [3.05, 3.63) is 36.5 Å². The van der Waals surface area contributed by atoms with Crippen LogP contribution in [0.3, 0.4) is 0 Å². The highest BCUT2D eigenvalue weighted by Gasteiger charge is 2.22. The highest BCUT2D eigenvalue weighted by Crippen LogP contribution is 2.38. The summed E-state index contributed by atoms with van der Waals surface area (Å²) in [6.07, 6.45) is 66.7. The number of unbranched alkanes of at least 4 members (excludes halogenated alkanes) is 37. The minimum atomic E-state index is -4.63. The summed E-state index contributed by atoms with van der Waals surface area (Å²) in [5, 5.41) is 0. The standard InChI is InChI=1S/C62H118NO8P/c1-6-8-10-12-14-16-18-19-20-21-22-23-24-25-26-27-28-29-30-31-32-33-34-35-36-37-38-39-40-41-42-43-45-47-49-51-53-55-62(65)71-60(59-70-72(66,67)69-57-56-63(3,4)5)58-68-61(64)54-52-50-48-46-44-17-15-13-11-9-7-2/h13,15,18-19,21-22,60H,6-12,14,16-17,20,23-59H2,1-5H3/b15-13-,19-18-,22-21-. The predicted octanol–water partition coefficient (Wildman–Crippen LogP) is 18.5. The number of allylic oxidation sites excluding steroid dienone is 6. The molecule has 0 fully saturated rings. The Morgan fingerprint density at radius 1 is 0.431 bits per heavy atom. The van der Waals surface area contributed by atoms with E-state index in [1.807, 2.05) is 21.1 Å². The molecule has 0 saturated carbocycles. The fraction of sp³-hybridized carbons (Fsp3) is 0.871. The number of phosphoric ester groups is 1. The second-order valence-electron chi connectivity index (χ2n) is 22.1. The third-order valence-electron chi connectivity index (χ3n) is 13.6. The molecule has 0 aliphatic heterocycles. The van der Waals surface area contributed by atoms with Gasteiger partial charge in [-0.15, -0.1) is 0 Å². The summed E-state index contributed by atoms with van der Waals surface area (Å²) < 4.78 is 34.1. The van der Waals surface area contributed by atoms with Gasteiger partial charge >= 0.3 is 11.9 Å². The molecule has 0 N–H and O–H groups in total. The van der Waals surface area contributed by atoms with Crippen molar-refractivity contribution < 1.29 is 42.1 Å². The largest absolute Gasteiger partial charge is 0.756 e. The van der Waals surface area contributed by atoms with Gasteiger partial charge in [0.2, 0.25) is 0 Å². The number of carbonyl (C=O) groups is 2. The number of quaternary nitrogens is 1. The molecule has 10 heteroatoms. The number of nitrogens with zero attached hydrogens (tertiary/aromatic N) is 1. The van der Waals surface area contributed by atoms with Crippen molar-refractivity contribution in [1.29, 1.82) is 0 Å². The molecule has 0 rings (SSSR count). The summed E-state index contributed by atoms with van der Waals surface area (Å²) in [4.78, 5) is 37.7. The van der Waals surface area contributed by atoms with Crippen LogP contribution in [0.5, 0.6) is 0 Å². The van der Waals surface area contributed by atoms with Gasteiger partial charge in [0.15, 0.2) is 6.10 Å². The van der Waals surface area contributed by atoms with Crippen LogP contribution in [0.25, 0.3) is 0 Å². The third kappa shape index (κ3) is 57.5. The molecular weight excluding hydrogens is 918 g/mol. The van der Waals surface area contributed by atoms with Crippen molar-refractivity contribution >= 4 is 19.8 Å². The summed E-state index contributed by atoms with van der Waals surface area (Å²) in [6, 6.07) is 0. The molecule has 0 aromatic carbocycles. The van der Waals surface area contributed by atoms with E-state index in [0.29, 0.717) is 17.4 Å². The summed E-state index contributed by atoms with van der Waals surface area (Å²) in [5.74, 6) is -0.833. The molecular formula is C62H118NO8P. The lowest BCUT2D eigenvalue weighted by Crippen LogP contribution is -2.37. The van der Waals surface area contributed by atoms with E-state index in [-0.39, 0.29) is 32.0 Å². The molecule has 0 amide bonds. The molecule has 0 aliphatic carbocycles. The number of phosphoric acid groups is 1. The molecule has 0 saturated heterocycles. The first-order valence-electron chi connectivity index (χ1n) is 30.7. The zero-order valence-electron chi connectivity index (χ0n) is 48.1. The molecule has 72 heavy (non-hydrogen) atoms. The lowest BCUT2D eigenvalue weighted by molar-refractivity contribution is -0.870. The summed E-state index contributed by atoms with van der Waals surface area (Å²) >= 11 is 0. The van der Waals surface area contributed by atoms with Gasteiger partial charge in [-0.1, -0.05) is 256 Å². The lowest BCUT2D eigenvalue weighted by Gasteiger charge is -2.28. The number of esters is 2. The summed E-state index contributed by atoms with van der Waals surface area (Å²) in [6.45, 7) is 4.21. The second kappa shape index (κ2) is 54.0. The van der Waals surface area contributed by atoms with Crippen LogP contribution in [0.15, 0.2) is 36.5 Å². The van der Waals surface area contributed by atoms with Crippen LogP contribution in [0.4, 0.5) is 0 Å². The molecule has 0 radical (unpaired) electrons. The Hall–Kier alpha value is -1.77. The van der Waals surface area contributed by atoms with Crippen LogP contribution in [-0.2, 0) is 32.7 Å². The van der Waals surface area contributed by atoms with E-state index in [4.69, 9.17) is 18.5 Å². The number of hydrogen-bond donors (Lipinski definition) is 0. The van der Waals surface area contributed by atoms with Gasteiger partial charge in [0.1, 0.15) is 19.8 Å². The maximum absolute atomic E-state index is 12.8. The number of likely N-dealkylation sites (N-methyl/N-ethyl adjacent to an activating group) is 1. The Balaban J connectivity index is 3.87. The van der Waals surface area contributed by atoms with E-state index in [1.54, 1.807) is 0 Å². The molecule has 2 atom stereocenters. The van der Waals surface area contributed by atoms with Crippen molar-refractivity contribution in [2.75, 3.05) is 47.5 Å². The van der Waals surface area contributed by atoms with Gasteiger partial charge in [0.05, 0.1) is 27.7 Å². The SMILES string of the molecule is CCCC/C=C\CCCCCCCC(=O)OCC(COP(=O)([O-])OCC[N+](C)(C)C)OC(=O)CCCCCCCCCCCCCCCCCCCCCCCCCCC/C=C\C/C=C\CCCCCCC. The highest BCUT2D eigenvalue weighted by molar-refractivity contribution is 7.45. The van der Waals surface area contributed by atoms with Crippen molar-refractivity contribution in [1.82, 2.24) is 0 Å². The average molecular weight is 1040 g/mol. The zero-order valence-corrected chi connectivity index (χ0v) is 49.0. The van der Waals surface area contributed by atoms with E-state index < -0.39 is 26.5 Å². The second-order valence-corrected chi connectivity index (χ2v) is 23.5. The van der Waals surface area contributed by atoms with E-state index in [2.05, 4.69) is 50.3 Å². The molecule has 0 aromatic rings. The van der Waals surface area contributed by atoms with Gasteiger partial charge in [-0.2, -0.15) is 0 Å². The quantitative estimate of drug-likeness (QED) is 0.0195. The lowest BCUT2D eigenvalue weighted by atomic mass is 10.0. The third-order valence-corrected chi connectivity index (χ3v) is 14.6. The predicted molar refractivity (Wildman–Crippen MR) is 305 cm³/mol. The Bertz CT molecular complexity index is 1310. The van der Waals surface area contributed by atoms with E-state index >= 15 is 0 Å². The van der Waals surface area contributed by atoms with Gasteiger partial charge in [-0.25, -0.2) is 0 Å². The molecule has 424 valence electrons. The van der Waals surface area contributed by atoms with Crippen molar-refractivity contribution in [3.8, 4) is 0 Å². The fourth-order valence-corrected chi connectivity index (χ4v) is 9.58. The van der Waals surface area contributed by atoms with Gasteiger partial charge in [-0.05, 0) is 64.2 Å². The van der Waals surface area contributed by atoms with E-state index in [9.17, 15) is 19.0 Å². The molecule has 9 nitrogen and oxygen atoms in total. The maximum Gasteiger partial charge on any atom is 0.306 e. The molecule has 0 bridgehead atoms. The fourth-order valence-electron chi connectivity index (χ4n) is 8.85. The van der Waals surface area contributed by atoms with Crippen LogP contribution >= 0.6 is 7.82 Å². The van der Waals surface area contributed by atoms with Crippen LogP contribution < -0.4 is 4.89 Å². The minimum Gasteiger partial charge on any atom is -0.756 e. The summed E-state index contributed by atoms with van der Waals surface area (Å²) in [7, 11) is 1.17.